The molecule has 0 radical (unpaired) electrons. The van der Waals surface area contributed by atoms with Crippen LogP contribution in [0.1, 0.15) is 58.8 Å². The first-order valence-electron chi connectivity index (χ1n) is 6.66. The van der Waals surface area contributed by atoms with Gasteiger partial charge in [-0.2, -0.15) is 0 Å². The normalized spacial score (nSPS) is 12.7. The fraction of sp³-hybridized carbons (Fsp3) is 0.857. The average Bonchev–Trinajstić information content (AvgIpc) is 2.26. The molecule has 0 amide bonds. The van der Waals surface area contributed by atoms with Crippen LogP contribution in [0.4, 0.5) is 0 Å². The van der Waals surface area contributed by atoms with Crippen molar-refractivity contribution in [2.24, 2.45) is 5.92 Å². The predicted molar refractivity (Wildman–Crippen MR) is 70.2 cm³/mol. The molecule has 0 aliphatic rings. The molecule has 0 aliphatic carbocycles. The second-order valence-electron chi connectivity index (χ2n) is 4.39. The zero-order valence-electron chi connectivity index (χ0n) is 10.7. The SMILES string of the molecule is C=CCCCCNCCC(CC)CCC. The Morgan fingerprint density at radius 1 is 1.13 bits per heavy atom. The van der Waals surface area contributed by atoms with Crippen LogP contribution in [0.25, 0.3) is 0 Å². The minimum atomic E-state index is 0.940. The largest absolute Gasteiger partial charge is 0.317 e. The van der Waals surface area contributed by atoms with Gasteiger partial charge in [0, 0.05) is 0 Å². The maximum Gasteiger partial charge on any atom is -0.00463 e. The molecule has 1 unspecified atom stereocenters. The monoisotopic (exact) mass is 211 g/mol. The second kappa shape index (κ2) is 11.8. The Morgan fingerprint density at radius 3 is 2.53 bits per heavy atom. The van der Waals surface area contributed by atoms with Crippen LogP contribution in [0.2, 0.25) is 0 Å². The van der Waals surface area contributed by atoms with Gasteiger partial charge in [-0.1, -0.05) is 39.2 Å². The molecule has 0 aliphatic heterocycles. The summed E-state index contributed by atoms with van der Waals surface area (Å²) in [6, 6.07) is 0. The van der Waals surface area contributed by atoms with Gasteiger partial charge in [0.2, 0.25) is 0 Å². The Balaban J connectivity index is 3.17. The van der Waals surface area contributed by atoms with Gasteiger partial charge < -0.3 is 5.32 Å². The molecular weight excluding hydrogens is 182 g/mol. The van der Waals surface area contributed by atoms with E-state index in [1.807, 2.05) is 6.08 Å². The van der Waals surface area contributed by atoms with E-state index in [-0.39, 0.29) is 0 Å². The van der Waals surface area contributed by atoms with Gasteiger partial charge in [0.25, 0.3) is 0 Å². The standard InChI is InChI=1S/C14H29N/c1-4-7-8-9-12-15-13-11-14(6-3)10-5-2/h4,14-15H,1,5-13H2,2-3H3. The third-order valence-electron chi connectivity index (χ3n) is 3.02. The van der Waals surface area contributed by atoms with E-state index in [2.05, 4.69) is 25.7 Å². The summed E-state index contributed by atoms with van der Waals surface area (Å²) in [6.07, 6.45) is 11.2. The van der Waals surface area contributed by atoms with Crippen molar-refractivity contribution in [1.82, 2.24) is 5.32 Å². The van der Waals surface area contributed by atoms with E-state index in [0.717, 1.165) is 12.3 Å². The zero-order valence-corrected chi connectivity index (χ0v) is 10.7. The molecule has 1 nitrogen and oxygen atoms in total. The molecule has 90 valence electrons. The summed E-state index contributed by atoms with van der Waals surface area (Å²) in [5.74, 6) is 0.940. The van der Waals surface area contributed by atoms with E-state index in [1.54, 1.807) is 0 Å². The molecule has 0 rings (SSSR count). The molecular formula is C14H29N. The molecule has 0 aromatic rings. The number of unbranched alkanes of at least 4 members (excludes halogenated alkanes) is 2. The summed E-state index contributed by atoms with van der Waals surface area (Å²) in [5.41, 5.74) is 0. The number of nitrogens with one attached hydrogen (secondary N) is 1. The maximum absolute atomic E-state index is 3.73. The molecule has 0 aromatic carbocycles. The number of rotatable bonds is 11. The summed E-state index contributed by atoms with van der Waals surface area (Å²) >= 11 is 0. The quantitative estimate of drug-likeness (QED) is 0.400. The molecule has 1 N–H and O–H groups in total. The molecule has 0 aromatic heterocycles. The fourth-order valence-corrected chi connectivity index (χ4v) is 1.93. The van der Waals surface area contributed by atoms with Gasteiger partial charge in [-0.3, -0.25) is 0 Å². The number of hydrogen-bond acceptors (Lipinski definition) is 1. The van der Waals surface area contributed by atoms with Gasteiger partial charge in [-0.05, 0) is 44.7 Å². The first-order valence-corrected chi connectivity index (χ1v) is 6.66. The van der Waals surface area contributed by atoms with Crippen molar-refractivity contribution in [3.05, 3.63) is 12.7 Å². The predicted octanol–water partition coefficient (Wildman–Crippen LogP) is 4.15. The molecule has 15 heavy (non-hydrogen) atoms. The van der Waals surface area contributed by atoms with E-state index in [1.165, 1.54) is 51.6 Å². The van der Waals surface area contributed by atoms with Gasteiger partial charge in [0.15, 0.2) is 0 Å². The van der Waals surface area contributed by atoms with Crippen molar-refractivity contribution in [3.8, 4) is 0 Å². The lowest BCUT2D eigenvalue weighted by atomic mass is 9.97. The Labute approximate surface area is 96.3 Å². The van der Waals surface area contributed by atoms with Crippen molar-refractivity contribution in [3.63, 3.8) is 0 Å². The number of hydrogen-bond donors (Lipinski definition) is 1. The second-order valence-corrected chi connectivity index (χ2v) is 4.39. The third-order valence-corrected chi connectivity index (χ3v) is 3.02. The van der Waals surface area contributed by atoms with Crippen LogP contribution < -0.4 is 5.32 Å². The molecule has 0 spiro atoms. The van der Waals surface area contributed by atoms with Crippen molar-refractivity contribution < 1.29 is 0 Å². The summed E-state index contributed by atoms with van der Waals surface area (Å²) in [7, 11) is 0. The highest BCUT2D eigenvalue weighted by atomic mass is 14.8. The highest BCUT2D eigenvalue weighted by Gasteiger charge is 2.03. The van der Waals surface area contributed by atoms with Crippen LogP contribution in [-0.2, 0) is 0 Å². The minimum absolute atomic E-state index is 0.940. The minimum Gasteiger partial charge on any atom is -0.317 e. The Kier molecular flexibility index (Phi) is 11.5. The van der Waals surface area contributed by atoms with Gasteiger partial charge in [-0.25, -0.2) is 0 Å². The molecule has 1 atom stereocenters. The van der Waals surface area contributed by atoms with E-state index >= 15 is 0 Å². The Hall–Kier alpha value is -0.300. The van der Waals surface area contributed by atoms with Crippen molar-refractivity contribution in [2.45, 2.75) is 58.8 Å². The van der Waals surface area contributed by atoms with E-state index < -0.39 is 0 Å². The van der Waals surface area contributed by atoms with Crippen LogP contribution in [-0.4, -0.2) is 13.1 Å². The van der Waals surface area contributed by atoms with Gasteiger partial charge in [0.05, 0.1) is 0 Å². The first kappa shape index (κ1) is 14.7. The summed E-state index contributed by atoms with van der Waals surface area (Å²) in [4.78, 5) is 0. The van der Waals surface area contributed by atoms with E-state index in [0.29, 0.717) is 0 Å². The average molecular weight is 211 g/mol. The van der Waals surface area contributed by atoms with Crippen LogP contribution in [0, 0.1) is 5.92 Å². The lowest BCUT2D eigenvalue weighted by Crippen LogP contribution is -2.19. The van der Waals surface area contributed by atoms with Crippen LogP contribution in [0.5, 0.6) is 0 Å². The smallest absolute Gasteiger partial charge is 0.00463 e. The number of allylic oxidation sites excluding steroid dienone is 1. The van der Waals surface area contributed by atoms with E-state index in [9.17, 15) is 0 Å². The molecule has 0 fully saturated rings. The van der Waals surface area contributed by atoms with Gasteiger partial charge >= 0.3 is 0 Å². The van der Waals surface area contributed by atoms with Gasteiger partial charge in [0.1, 0.15) is 0 Å². The van der Waals surface area contributed by atoms with E-state index in [4.69, 9.17) is 0 Å². The molecule has 0 saturated heterocycles. The third kappa shape index (κ3) is 9.99. The molecule has 0 bridgehead atoms. The lowest BCUT2D eigenvalue weighted by Gasteiger charge is -2.13. The zero-order chi connectivity index (χ0) is 11.4. The summed E-state index contributed by atoms with van der Waals surface area (Å²) < 4.78 is 0. The van der Waals surface area contributed by atoms with Crippen molar-refractivity contribution in [1.29, 1.82) is 0 Å². The molecule has 0 heterocycles. The maximum atomic E-state index is 3.73. The van der Waals surface area contributed by atoms with Crippen LogP contribution in [0.15, 0.2) is 12.7 Å². The highest BCUT2D eigenvalue weighted by molar-refractivity contribution is 4.66. The lowest BCUT2D eigenvalue weighted by molar-refractivity contribution is 0.417. The molecule has 1 heteroatoms. The Bertz CT molecular complexity index is 131. The Morgan fingerprint density at radius 2 is 1.93 bits per heavy atom. The van der Waals surface area contributed by atoms with Crippen LogP contribution in [0.3, 0.4) is 0 Å². The van der Waals surface area contributed by atoms with Crippen molar-refractivity contribution >= 4 is 0 Å². The highest BCUT2D eigenvalue weighted by Crippen LogP contribution is 2.13. The summed E-state index contributed by atoms with van der Waals surface area (Å²) in [6.45, 7) is 10.7. The van der Waals surface area contributed by atoms with Crippen molar-refractivity contribution in [2.75, 3.05) is 13.1 Å². The fourth-order valence-electron chi connectivity index (χ4n) is 1.93. The summed E-state index contributed by atoms with van der Waals surface area (Å²) in [5, 5.41) is 3.53. The molecule has 0 saturated carbocycles. The van der Waals surface area contributed by atoms with Crippen LogP contribution >= 0.6 is 0 Å². The van der Waals surface area contributed by atoms with Gasteiger partial charge in [-0.15, -0.1) is 6.58 Å². The topological polar surface area (TPSA) is 12.0 Å². The first-order chi connectivity index (χ1) is 7.35.